The van der Waals surface area contributed by atoms with Crippen molar-refractivity contribution in [2.75, 3.05) is 5.32 Å². The Hall–Kier alpha value is -2.41. The number of amides is 1. The predicted octanol–water partition coefficient (Wildman–Crippen LogP) is 3.77. The van der Waals surface area contributed by atoms with Crippen LogP contribution in [0, 0.1) is 0 Å². The van der Waals surface area contributed by atoms with Crippen LogP contribution in [0.3, 0.4) is 0 Å². The minimum atomic E-state index is -0.00261. The molecule has 0 saturated carbocycles. The van der Waals surface area contributed by atoms with E-state index in [0.29, 0.717) is 11.6 Å². The van der Waals surface area contributed by atoms with E-state index in [1.165, 1.54) is 11.3 Å². The van der Waals surface area contributed by atoms with E-state index in [4.69, 9.17) is 4.74 Å². The smallest absolute Gasteiger partial charge is 0.299 e. The summed E-state index contributed by atoms with van der Waals surface area (Å²) in [5.41, 5.74) is 2.96. The maximum absolute atomic E-state index is 11.4. The Balaban J connectivity index is 1.58. The van der Waals surface area contributed by atoms with Crippen molar-refractivity contribution in [3.05, 3.63) is 35.7 Å². The van der Waals surface area contributed by atoms with Crippen LogP contribution in [0.4, 0.5) is 5.69 Å². The summed E-state index contributed by atoms with van der Waals surface area (Å²) in [5.74, 6) is 0.782. The number of ether oxygens (including phenoxy) is 1. The van der Waals surface area contributed by atoms with Gasteiger partial charge in [0.15, 0.2) is 0 Å². The van der Waals surface area contributed by atoms with Crippen LogP contribution in [0.15, 0.2) is 24.4 Å². The number of rotatable bonds is 2. The third-order valence-corrected chi connectivity index (χ3v) is 4.77. The Labute approximate surface area is 143 Å². The summed E-state index contributed by atoms with van der Waals surface area (Å²) < 4.78 is 7.64. The SMILES string of the molecule is CC(C)(C)c1cn2nc(Oc3ccc4c(c3)CCC(=O)N4)sc2n1. The standard InChI is InChI=1S/C17H18N4O2S/c1-17(2,3)13-9-21-15(19-13)24-16(20-21)23-11-5-6-12-10(8-11)4-7-14(22)18-12/h5-6,8-9H,4,7H2,1-3H3,(H,18,22). The lowest BCUT2D eigenvalue weighted by atomic mass is 9.93. The second-order valence-electron chi connectivity index (χ2n) is 6.94. The summed E-state index contributed by atoms with van der Waals surface area (Å²) in [5, 5.41) is 7.87. The molecular weight excluding hydrogens is 324 g/mol. The van der Waals surface area contributed by atoms with Gasteiger partial charge in [0.25, 0.3) is 5.19 Å². The van der Waals surface area contributed by atoms with Gasteiger partial charge in [-0.2, -0.15) is 0 Å². The fraction of sp³-hybridized carbons (Fsp3) is 0.353. The summed E-state index contributed by atoms with van der Waals surface area (Å²) in [6.45, 7) is 6.38. The maximum Gasteiger partial charge on any atom is 0.299 e. The third kappa shape index (κ3) is 2.75. The highest BCUT2D eigenvalue weighted by molar-refractivity contribution is 7.18. The molecule has 7 heteroatoms. The molecule has 1 N–H and O–H groups in total. The molecule has 6 nitrogen and oxygen atoms in total. The van der Waals surface area contributed by atoms with Gasteiger partial charge < -0.3 is 10.1 Å². The third-order valence-electron chi connectivity index (χ3n) is 3.97. The number of fused-ring (bicyclic) bond motifs is 2. The molecule has 4 rings (SSSR count). The number of benzene rings is 1. The van der Waals surface area contributed by atoms with Crippen molar-refractivity contribution < 1.29 is 9.53 Å². The Kier molecular flexibility index (Phi) is 3.35. The van der Waals surface area contributed by atoms with E-state index in [9.17, 15) is 4.79 Å². The molecule has 0 radical (unpaired) electrons. The first kappa shape index (κ1) is 15.1. The highest BCUT2D eigenvalue weighted by Crippen LogP contribution is 2.32. The molecule has 0 saturated heterocycles. The summed E-state index contributed by atoms with van der Waals surface area (Å²) in [4.78, 5) is 16.8. The highest BCUT2D eigenvalue weighted by atomic mass is 32.1. The average molecular weight is 342 g/mol. The Morgan fingerprint density at radius 2 is 2.12 bits per heavy atom. The van der Waals surface area contributed by atoms with E-state index in [2.05, 4.69) is 36.2 Å². The summed E-state index contributed by atoms with van der Waals surface area (Å²) in [7, 11) is 0. The quantitative estimate of drug-likeness (QED) is 0.770. The molecule has 3 heterocycles. The second kappa shape index (κ2) is 5.31. The van der Waals surface area contributed by atoms with Gasteiger partial charge >= 0.3 is 0 Å². The molecule has 0 bridgehead atoms. The van der Waals surface area contributed by atoms with Crippen LogP contribution in [0.5, 0.6) is 10.9 Å². The molecule has 0 fully saturated rings. The van der Waals surface area contributed by atoms with Gasteiger partial charge in [0.2, 0.25) is 10.9 Å². The van der Waals surface area contributed by atoms with Gasteiger partial charge in [-0.05, 0) is 41.5 Å². The maximum atomic E-state index is 11.4. The van der Waals surface area contributed by atoms with Crippen LogP contribution in [0.2, 0.25) is 0 Å². The molecule has 124 valence electrons. The topological polar surface area (TPSA) is 68.5 Å². The van der Waals surface area contributed by atoms with Gasteiger partial charge in [0.1, 0.15) is 5.75 Å². The number of nitrogens with one attached hydrogen (secondary N) is 1. The van der Waals surface area contributed by atoms with E-state index >= 15 is 0 Å². The van der Waals surface area contributed by atoms with Crippen molar-refractivity contribution in [2.24, 2.45) is 0 Å². The zero-order chi connectivity index (χ0) is 16.9. The van der Waals surface area contributed by atoms with Crippen LogP contribution in [-0.4, -0.2) is 20.5 Å². The minimum absolute atomic E-state index is 0.00261. The highest BCUT2D eigenvalue weighted by Gasteiger charge is 2.20. The molecule has 1 aliphatic rings. The number of carbonyl (C=O) groups is 1. The molecule has 1 aromatic carbocycles. The lowest BCUT2D eigenvalue weighted by molar-refractivity contribution is -0.116. The normalized spacial score (nSPS) is 14.5. The lowest BCUT2D eigenvalue weighted by Gasteiger charge is -2.17. The van der Waals surface area contributed by atoms with E-state index in [1.54, 1.807) is 4.52 Å². The monoisotopic (exact) mass is 342 g/mol. The van der Waals surface area contributed by atoms with Crippen LogP contribution in [0.25, 0.3) is 4.96 Å². The van der Waals surface area contributed by atoms with Gasteiger partial charge in [0.05, 0.1) is 11.9 Å². The molecule has 1 aliphatic heterocycles. The van der Waals surface area contributed by atoms with E-state index < -0.39 is 0 Å². The molecule has 0 spiro atoms. The first-order valence-corrected chi connectivity index (χ1v) is 8.67. The van der Waals surface area contributed by atoms with Gasteiger partial charge in [-0.15, -0.1) is 5.10 Å². The van der Waals surface area contributed by atoms with E-state index in [1.807, 2.05) is 24.4 Å². The number of nitrogens with zero attached hydrogens (tertiary/aromatic N) is 3. The number of anilines is 1. The van der Waals surface area contributed by atoms with E-state index in [-0.39, 0.29) is 11.3 Å². The number of hydrogen-bond acceptors (Lipinski definition) is 5. The van der Waals surface area contributed by atoms with Crippen LogP contribution in [-0.2, 0) is 16.6 Å². The molecule has 1 amide bonds. The van der Waals surface area contributed by atoms with Crippen LogP contribution < -0.4 is 10.1 Å². The number of aromatic nitrogens is 3. The van der Waals surface area contributed by atoms with Gasteiger partial charge in [-0.1, -0.05) is 20.8 Å². The van der Waals surface area contributed by atoms with Crippen molar-refractivity contribution in [1.29, 1.82) is 0 Å². The van der Waals surface area contributed by atoms with Gasteiger partial charge in [0, 0.05) is 17.5 Å². The molecule has 0 aliphatic carbocycles. The van der Waals surface area contributed by atoms with Crippen molar-refractivity contribution >= 4 is 27.9 Å². The zero-order valence-corrected chi connectivity index (χ0v) is 14.6. The number of imidazole rings is 1. The fourth-order valence-electron chi connectivity index (χ4n) is 2.61. The van der Waals surface area contributed by atoms with Crippen LogP contribution >= 0.6 is 11.3 Å². The summed E-state index contributed by atoms with van der Waals surface area (Å²) in [6.07, 6.45) is 3.19. The molecular formula is C17H18N4O2S. The lowest BCUT2D eigenvalue weighted by Crippen LogP contribution is -2.18. The summed E-state index contributed by atoms with van der Waals surface area (Å²) in [6, 6.07) is 5.67. The number of aryl methyl sites for hydroxylation is 1. The molecule has 0 atom stereocenters. The van der Waals surface area contributed by atoms with Crippen molar-refractivity contribution in [2.45, 2.75) is 39.0 Å². The summed E-state index contributed by atoms with van der Waals surface area (Å²) >= 11 is 1.42. The molecule has 24 heavy (non-hydrogen) atoms. The molecule has 2 aromatic heterocycles. The van der Waals surface area contributed by atoms with Crippen molar-refractivity contribution in [3.63, 3.8) is 0 Å². The molecule has 3 aromatic rings. The first-order chi connectivity index (χ1) is 11.4. The first-order valence-electron chi connectivity index (χ1n) is 7.86. The fourth-order valence-corrected chi connectivity index (χ4v) is 3.36. The number of hydrogen-bond donors (Lipinski definition) is 1. The largest absolute Gasteiger partial charge is 0.430 e. The van der Waals surface area contributed by atoms with E-state index in [0.717, 1.165) is 34.1 Å². The van der Waals surface area contributed by atoms with Crippen LogP contribution in [0.1, 0.15) is 38.4 Å². The average Bonchev–Trinajstić information content (AvgIpc) is 3.05. The zero-order valence-electron chi connectivity index (χ0n) is 13.8. The second-order valence-corrected chi connectivity index (χ2v) is 7.86. The van der Waals surface area contributed by atoms with Crippen molar-refractivity contribution in [3.8, 4) is 10.9 Å². The van der Waals surface area contributed by atoms with Crippen molar-refractivity contribution in [1.82, 2.24) is 14.6 Å². The van der Waals surface area contributed by atoms with Gasteiger partial charge in [-0.25, -0.2) is 9.50 Å². The number of carbonyl (C=O) groups excluding carboxylic acids is 1. The Morgan fingerprint density at radius 3 is 2.88 bits per heavy atom. The Morgan fingerprint density at radius 1 is 1.29 bits per heavy atom. The molecule has 0 unspecified atom stereocenters. The predicted molar refractivity (Wildman–Crippen MR) is 93.0 cm³/mol. The minimum Gasteiger partial charge on any atom is -0.430 e. The van der Waals surface area contributed by atoms with Gasteiger partial charge in [-0.3, -0.25) is 4.79 Å². The Bertz CT molecular complexity index is 904.